The first-order valence-corrected chi connectivity index (χ1v) is 8.55. The van der Waals surface area contributed by atoms with Crippen molar-refractivity contribution in [2.24, 2.45) is 0 Å². The Morgan fingerprint density at radius 1 is 1.00 bits per heavy atom. The molecule has 0 aliphatic heterocycles. The van der Waals surface area contributed by atoms with Crippen molar-refractivity contribution in [1.29, 1.82) is 0 Å². The molecule has 1 amide bonds. The Kier molecular flexibility index (Phi) is 5.78. The van der Waals surface area contributed by atoms with Crippen molar-refractivity contribution in [3.05, 3.63) is 71.9 Å². The molecule has 8 heteroatoms. The zero-order valence-corrected chi connectivity index (χ0v) is 15.2. The number of carbonyl (C=O) groups is 1. The molecule has 0 aliphatic rings. The van der Waals surface area contributed by atoms with Gasteiger partial charge in [-0.15, -0.1) is 10.2 Å². The third-order valence-corrected chi connectivity index (χ3v) is 3.59. The van der Waals surface area contributed by atoms with Crippen molar-refractivity contribution in [2.75, 3.05) is 10.6 Å². The predicted octanol–water partition coefficient (Wildman–Crippen LogP) is 4.54. The van der Waals surface area contributed by atoms with E-state index in [9.17, 15) is 13.6 Å². The van der Waals surface area contributed by atoms with Gasteiger partial charge < -0.3 is 15.4 Å². The normalized spacial score (nSPS) is 10.6. The van der Waals surface area contributed by atoms with Crippen molar-refractivity contribution in [3.63, 3.8) is 0 Å². The van der Waals surface area contributed by atoms with Gasteiger partial charge in [0.15, 0.2) is 11.5 Å². The Balaban J connectivity index is 1.70. The summed E-state index contributed by atoms with van der Waals surface area (Å²) in [5, 5.41) is 13.1. The van der Waals surface area contributed by atoms with Gasteiger partial charge in [0.2, 0.25) is 0 Å². The number of aromatic nitrogens is 2. The van der Waals surface area contributed by atoms with Crippen molar-refractivity contribution in [3.8, 4) is 5.75 Å². The summed E-state index contributed by atoms with van der Waals surface area (Å²) in [5.41, 5.74) is 0.635. The van der Waals surface area contributed by atoms with Crippen LogP contribution in [-0.2, 0) is 0 Å². The monoisotopic (exact) mass is 384 g/mol. The van der Waals surface area contributed by atoms with Crippen LogP contribution in [0.25, 0.3) is 0 Å². The smallest absolute Gasteiger partial charge is 0.276 e. The van der Waals surface area contributed by atoms with E-state index in [4.69, 9.17) is 4.74 Å². The number of rotatable bonds is 6. The number of ether oxygens (including phenoxy) is 1. The lowest BCUT2D eigenvalue weighted by Crippen LogP contribution is -2.16. The highest BCUT2D eigenvalue weighted by Gasteiger charge is 2.13. The highest BCUT2D eigenvalue weighted by atomic mass is 19.1. The molecule has 0 unspecified atom stereocenters. The molecule has 0 radical (unpaired) electrons. The lowest BCUT2D eigenvalue weighted by molar-refractivity contribution is 0.102. The number of benzene rings is 2. The molecule has 0 spiro atoms. The van der Waals surface area contributed by atoms with Crippen LogP contribution in [0, 0.1) is 11.6 Å². The van der Waals surface area contributed by atoms with Crippen LogP contribution in [-0.4, -0.2) is 22.2 Å². The number of hydrogen-bond acceptors (Lipinski definition) is 5. The van der Waals surface area contributed by atoms with Crippen LogP contribution < -0.4 is 15.4 Å². The van der Waals surface area contributed by atoms with Gasteiger partial charge in [-0.1, -0.05) is 12.1 Å². The van der Waals surface area contributed by atoms with E-state index < -0.39 is 17.5 Å². The minimum absolute atomic E-state index is 0.0462. The van der Waals surface area contributed by atoms with E-state index in [0.29, 0.717) is 11.4 Å². The molecule has 0 saturated carbocycles. The molecule has 3 aromatic rings. The lowest BCUT2D eigenvalue weighted by Gasteiger charge is -2.14. The second kappa shape index (κ2) is 8.43. The van der Waals surface area contributed by atoms with Gasteiger partial charge in [-0.3, -0.25) is 4.79 Å². The van der Waals surface area contributed by atoms with Gasteiger partial charge >= 0.3 is 0 Å². The van der Waals surface area contributed by atoms with Crippen LogP contribution in [0.15, 0.2) is 54.6 Å². The summed E-state index contributed by atoms with van der Waals surface area (Å²) in [7, 11) is 0. The van der Waals surface area contributed by atoms with Crippen LogP contribution in [0.2, 0.25) is 0 Å². The second-order valence-corrected chi connectivity index (χ2v) is 6.17. The van der Waals surface area contributed by atoms with E-state index in [-0.39, 0.29) is 23.3 Å². The van der Waals surface area contributed by atoms with E-state index in [1.165, 1.54) is 18.2 Å². The molecule has 0 bridgehead atoms. The van der Waals surface area contributed by atoms with Gasteiger partial charge in [0.05, 0.1) is 17.5 Å². The molecule has 0 atom stereocenters. The number of hydrogen-bond donors (Lipinski definition) is 2. The molecule has 6 nitrogen and oxygen atoms in total. The minimum atomic E-state index is -0.759. The average Bonchev–Trinajstić information content (AvgIpc) is 2.66. The van der Waals surface area contributed by atoms with Crippen LogP contribution >= 0.6 is 0 Å². The zero-order valence-electron chi connectivity index (χ0n) is 15.2. The van der Waals surface area contributed by atoms with Crippen molar-refractivity contribution >= 4 is 23.1 Å². The second-order valence-electron chi connectivity index (χ2n) is 6.17. The van der Waals surface area contributed by atoms with E-state index in [2.05, 4.69) is 20.8 Å². The maximum Gasteiger partial charge on any atom is 0.276 e. The molecular formula is C20H18F2N4O2. The average molecular weight is 384 g/mol. The van der Waals surface area contributed by atoms with Crippen molar-refractivity contribution in [2.45, 2.75) is 20.0 Å². The topological polar surface area (TPSA) is 76.1 Å². The van der Waals surface area contributed by atoms with Gasteiger partial charge in [-0.25, -0.2) is 8.78 Å². The van der Waals surface area contributed by atoms with Gasteiger partial charge in [-0.05, 0) is 50.2 Å². The number of amides is 1. The summed E-state index contributed by atoms with van der Waals surface area (Å²) in [4.78, 5) is 12.4. The van der Waals surface area contributed by atoms with E-state index >= 15 is 0 Å². The fraction of sp³-hybridized carbons (Fsp3) is 0.150. The highest BCUT2D eigenvalue weighted by molar-refractivity contribution is 6.03. The minimum Gasteiger partial charge on any atom is -0.489 e. The molecule has 0 fully saturated rings. The Labute approximate surface area is 160 Å². The Bertz CT molecular complexity index is 978. The molecular weight excluding hydrogens is 366 g/mol. The van der Waals surface area contributed by atoms with Crippen molar-refractivity contribution in [1.82, 2.24) is 10.2 Å². The summed E-state index contributed by atoms with van der Waals surface area (Å²) < 4.78 is 32.3. The molecule has 144 valence electrons. The van der Waals surface area contributed by atoms with Crippen LogP contribution in [0.3, 0.4) is 0 Å². The van der Waals surface area contributed by atoms with Crippen LogP contribution in [0.1, 0.15) is 24.3 Å². The Morgan fingerprint density at radius 2 is 1.79 bits per heavy atom. The Hall–Kier alpha value is -3.55. The van der Waals surface area contributed by atoms with Crippen LogP contribution in [0.5, 0.6) is 5.75 Å². The van der Waals surface area contributed by atoms with Crippen molar-refractivity contribution < 1.29 is 18.3 Å². The quantitative estimate of drug-likeness (QED) is 0.653. The van der Waals surface area contributed by atoms with E-state index in [1.54, 1.807) is 18.2 Å². The first-order valence-electron chi connectivity index (χ1n) is 8.55. The van der Waals surface area contributed by atoms with Crippen LogP contribution in [0.4, 0.5) is 26.0 Å². The molecule has 2 aromatic carbocycles. The summed E-state index contributed by atoms with van der Waals surface area (Å²) in [5.74, 6) is -1.14. The third-order valence-electron chi connectivity index (χ3n) is 3.59. The number of nitrogens with one attached hydrogen (secondary N) is 2. The molecule has 1 heterocycles. The van der Waals surface area contributed by atoms with Gasteiger partial charge in [0.1, 0.15) is 17.4 Å². The molecule has 28 heavy (non-hydrogen) atoms. The number of nitrogens with zero attached hydrogens (tertiary/aromatic N) is 2. The zero-order chi connectivity index (χ0) is 20.1. The maximum atomic E-state index is 13.7. The highest BCUT2D eigenvalue weighted by Crippen LogP contribution is 2.25. The number of carbonyl (C=O) groups excluding carboxylic acids is 1. The molecule has 1 aromatic heterocycles. The summed E-state index contributed by atoms with van der Waals surface area (Å²) >= 11 is 0. The third kappa shape index (κ3) is 4.79. The lowest BCUT2D eigenvalue weighted by atomic mass is 10.2. The SMILES string of the molecule is CC(C)Oc1ccccc1NC(=O)c1ccc(Nc2ccc(F)cc2F)nn1. The standard InChI is InChI=1S/C20H18F2N4O2/c1-12(2)28-18-6-4-3-5-16(18)24-20(27)17-9-10-19(26-25-17)23-15-8-7-13(21)11-14(15)22/h3-12H,1-2H3,(H,23,26)(H,24,27). The first kappa shape index (κ1) is 19.2. The Morgan fingerprint density at radius 3 is 2.46 bits per heavy atom. The van der Waals surface area contributed by atoms with E-state index in [0.717, 1.165) is 12.1 Å². The molecule has 0 saturated heterocycles. The predicted molar refractivity (Wildman–Crippen MR) is 102 cm³/mol. The molecule has 3 rings (SSSR count). The molecule has 0 aliphatic carbocycles. The number of halogens is 2. The van der Waals surface area contributed by atoms with E-state index in [1.807, 2.05) is 19.9 Å². The maximum absolute atomic E-state index is 13.7. The summed E-state index contributed by atoms with van der Waals surface area (Å²) in [6.45, 7) is 3.78. The summed E-state index contributed by atoms with van der Waals surface area (Å²) in [6, 6.07) is 13.1. The number of anilines is 3. The largest absolute Gasteiger partial charge is 0.489 e. The summed E-state index contributed by atoms with van der Waals surface area (Å²) in [6.07, 6.45) is -0.0462. The van der Waals surface area contributed by atoms with Gasteiger partial charge in [-0.2, -0.15) is 0 Å². The number of para-hydroxylation sites is 2. The fourth-order valence-corrected chi connectivity index (χ4v) is 2.36. The fourth-order valence-electron chi connectivity index (χ4n) is 2.36. The van der Waals surface area contributed by atoms with Gasteiger partial charge in [0.25, 0.3) is 5.91 Å². The molecule has 2 N–H and O–H groups in total. The first-order chi connectivity index (χ1) is 13.4. The van der Waals surface area contributed by atoms with Gasteiger partial charge in [0, 0.05) is 6.07 Å².